The van der Waals surface area contributed by atoms with Gasteiger partial charge in [-0.1, -0.05) is 34.6 Å². The minimum atomic E-state index is -0.560. The third-order valence-electron chi connectivity index (χ3n) is 17.2. The van der Waals surface area contributed by atoms with Crippen LogP contribution in [-0.4, -0.2) is 96.0 Å². The van der Waals surface area contributed by atoms with Gasteiger partial charge in [0.1, 0.15) is 6.29 Å². The first-order valence-corrected chi connectivity index (χ1v) is 20.2. The van der Waals surface area contributed by atoms with E-state index < -0.39 is 12.1 Å². The molecule has 2 spiro atoms. The van der Waals surface area contributed by atoms with Gasteiger partial charge in [-0.15, -0.1) is 0 Å². The molecular weight excluding hydrogens is 632 g/mol. The van der Waals surface area contributed by atoms with E-state index in [0.717, 1.165) is 38.4 Å². The van der Waals surface area contributed by atoms with Gasteiger partial charge in [0.05, 0.1) is 43.6 Å². The number of fused-ring (bicyclic) bond motifs is 4. The fourth-order valence-corrected chi connectivity index (χ4v) is 14.4. The predicted molar refractivity (Wildman–Crippen MR) is 188 cm³/mol. The number of carbonyl (C=O) groups excluding carboxylic acids is 3. The van der Waals surface area contributed by atoms with E-state index in [4.69, 9.17) is 14.2 Å². The highest BCUT2D eigenvalue weighted by atomic mass is 16.7. The number of ether oxygens (including phenoxy) is 3. The van der Waals surface area contributed by atoms with E-state index in [-0.39, 0.29) is 64.0 Å². The minimum absolute atomic E-state index is 0.00754. The van der Waals surface area contributed by atoms with Gasteiger partial charge < -0.3 is 33.9 Å². The van der Waals surface area contributed by atoms with Gasteiger partial charge in [0.25, 0.3) is 0 Å². The summed E-state index contributed by atoms with van der Waals surface area (Å²) >= 11 is 0. The van der Waals surface area contributed by atoms with Crippen molar-refractivity contribution >= 4 is 18.1 Å². The molecule has 8 rings (SSSR count). The van der Waals surface area contributed by atoms with Crippen molar-refractivity contribution in [1.29, 1.82) is 0 Å². The second kappa shape index (κ2) is 12.0. The number of amides is 2. The highest BCUT2D eigenvalue weighted by Gasteiger charge is 2.84. The van der Waals surface area contributed by atoms with Crippen LogP contribution in [0.3, 0.4) is 0 Å². The van der Waals surface area contributed by atoms with Crippen LogP contribution >= 0.6 is 0 Å². The largest absolute Gasteiger partial charge is 0.390 e. The maximum Gasteiger partial charge on any atom is 0.223 e. The van der Waals surface area contributed by atoms with Gasteiger partial charge >= 0.3 is 0 Å². The summed E-state index contributed by atoms with van der Waals surface area (Å²) in [5, 5.41) is 12.6. The maximum atomic E-state index is 12.9. The van der Waals surface area contributed by atoms with Gasteiger partial charge in [0, 0.05) is 31.8 Å². The lowest BCUT2D eigenvalue weighted by atomic mass is 9.41. The van der Waals surface area contributed by atoms with Gasteiger partial charge in [-0.25, -0.2) is 0 Å². The van der Waals surface area contributed by atoms with Gasteiger partial charge in [-0.05, 0) is 122 Å². The van der Waals surface area contributed by atoms with Crippen LogP contribution in [0, 0.1) is 56.7 Å². The molecule has 2 amide bonds. The van der Waals surface area contributed by atoms with Gasteiger partial charge in [0.15, 0.2) is 6.29 Å². The van der Waals surface area contributed by atoms with Crippen molar-refractivity contribution in [1.82, 2.24) is 9.80 Å². The molecule has 50 heavy (non-hydrogen) atoms. The molecule has 8 aliphatic rings. The quantitative estimate of drug-likeness (QED) is 0.329. The molecule has 0 aromatic heterocycles. The third kappa shape index (κ3) is 4.93. The number of hydrogen-bond acceptors (Lipinski definition) is 7. The first-order chi connectivity index (χ1) is 23.6. The lowest BCUT2D eigenvalue weighted by Gasteiger charge is -2.64. The normalized spacial score (nSPS) is 49.4. The van der Waals surface area contributed by atoms with Crippen LogP contribution in [0.25, 0.3) is 0 Å². The summed E-state index contributed by atoms with van der Waals surface area (Å²) in [6.45, 7) is 17.5. The maximum absolute atomic E-state index is 12.9. The lowest BCUT2D eigenvalue weighted by molar-refractivity contribution is -0.248. The van der Waals surface area contributed by atoms with Crippen LogP contribution in [0.5, 0.6) is 0 Å². The molecule has 8 unspecified atom stereocenters. The van der Waals surface area contributed by atoms with E-state index in [2.05, 4.69) is 34.6 Å². The third-order valence-corrected chi connectivity index (χ3v) is 17.2. The molecule has 280 valence electrons. The summed E-state index contributed by atoms with van der Waals surface area (Å²) in [6.07, 6.45) is 11.5. The van der Waals surface area contributed by atoms with E-state index >= 15 is 0 Å². The average Bonchev–Trinajstić information content (AvgIpc) is 4.00. The van der Waals surface area contributed by atoms with Crippen LogP contribution in [0.2, 0.25) is 0 Å². The Balaban J connectivity index is 0.991. The molecule has 0 aromatic carbocycles. The monoisotopic (exact) mass is 696 g/mol. The van der Waals surface area contributed by atoms with Crippen LogP contribution in [0.4, 0.5) is 0 Å². The van der Waals surface area contributed by atoms with E-state index in [1.54, 1.807) is 11.8 Å². The standard InChI is InChI=1S/C41H64N2O7/c1-24-18-28(20-43(26(3)45)25(2)22-44)49-35-34(24)38(6)14-15-41-23-40(41)13-12-31(37(4,5)29(40)10-11-30(41)39(38,7)36(35)47)50-33-21-42(16-17-48-33)32(46)19-27-8-9-27/h22,24-25,27-31,33-36,47H,8-21,23H2,1-7H3/t24-,25?,28?,29+,30?,31?,33+,34+,35?,36+,38?,39-,40?,41?/m1/s1. The van der Waals surface area contributed by atoms with Crippen molar-refractivity contribution in [2.75, 3.05) is 26.2 Å². The van der Waals surface area contributed by atoms with Crippen molar-refractivity contribution in [2.45, 2.75) is 156 Å². The molecular formula is C41H64N2O7. The number of nitrogens with zero attached hydrogens (tertiary/aromatic N) is 2. The molecule has 9 heteroatoms. The van der Waals surface area contributed by atoms with Crippen molar-refractivity contribution in [3.05, 3.63) is 0 Å². The second-order valence-corrected chi connectivity index (χ2v) is 19.6. The molecule has 14 atom stereocenters. The number of carbonyl (C=O) groups is 3. The van der Waals surface area contributed by atoms with Crippen molar-refractivity contribution in [3.63, 3.8) is 0 Å². The fraction of sp³-hybridized carbons (Fsp3) is 0.927. The van der Waals surface area contributed by atoms with E-state index in [1.165, 1.54) is 39.0 Å². The molecule has 9 nitrogen and oxygen atoms in total. The Labute approximate surface area is 299 Å². The number of aldehydes is 1. The summed E-state index contributed by atoms with van der Waals surface area (Å²) in [7, 11) is 0. The Bertz CT molecular complexity index is 1380. The molecule has 6 aliphatic carbocycles. The summed E-state index contributed by atoms with van der Waals surface area (Å²) in [5.74, 6) is 2.37. The second-order valence-electron chi connectivity index (χ2n) is 19.6. The van der Waals surface area contributed by atoms with Gasteiger partial charge in [0.2, 0.25) is 11.8 Å². The molecule has 0 aromatic rings. The number of rotatable bonds is 8. The lowest BCUT2D eigenvalue weighted by Crippen LogP contribution is -2.60. The number of aliphatic hydroxyl groups excluding tert-OH is 1. The zero-order valence-electron chi connectivity index (χ0n) is 31.8. The molecule has 6 saturated carbocycles. The van der Waals surface area contributed by atoms with Crippen molar-refractivity contribution in [3.8, 4) is 0 Å². The van der Waals surface area contributed by atoms with Gasteiger partial charge in [-0.3, -0.25) is 9.59 Å². The van der Waals surface area contributed by atoms with Crippen LogP contribution in [-0.2, 0) is 28.6 Å². The Morgan fingerprint density at radius 3 is 2.46 bits per heavy atom. The smallest absolute Gasteiger partial charge is 0.223 e. The zero-order valence-corrected chi connectivity index (χ0v) is 31.8. The Kier molecular flexibility index (Phi) is 8.50. The molecule has 0 radical (unpaired) electrons. The van der Waals surface area contributed by atoms with Crippen LogP contribution in [0.15, 0.2) is 0 Å². The number of hydrogen-bond donors (Lipinski definition) is 1. The fourth-order valence-electron chi connectivity index (χ4n) is 14.4. The number of morpholine rings is 1. The first kappa shape index (κ1) is 35.5. The van der Waals surface area contributed by atoms with E-state index in [1.807, 2.05) is 4.90 Å². The molecule has 2 saturated heterocycles. The SMILES string of the molecule is CC(=O)N(CC1C[C@@H](C)[C@H]2C(O1)[C@H](O)[C@@]1(C)C3CC[C@H]4C(C)(C)C(O[C@H]5CN(C(=O)CC6CC6)CCO5)CCC45CC35CCC21C)C(C)C=O. The van der Waals surface area contributed by atoms with Crippen molar-refractivity contribution < 1.29 is 33.7 Å². The number of aliphatic hydroxyl groups is 1. The predicted octanol–water partition coefficient (Wildman–Crippen LogP) is 5.61. The van der Waals surface area contributed by atoms with E-state index in [9.17, 15) is 19.5 Å². The summed E-state index contributed by atoms with van der Waals surface area (Å²) in [6, 6.07) is -0.493. The molecule has 0 bridgehead atoms. The Hall–Kier alpha value is -1.55. The van der Waals surface area contributed by atoms with Crippen molar-refractivity contribution in [2.24, 2.45) is 56.7 Å². The zero-order chi connectivity index (χ0) is 35.6. The Morgan fingerprint density at radius 2 is 1.76 bits per heavy atom. The molecule has 8 fully saturated rings. The van der Waals surface area contributed by atoms with Crippen LogP contribution < -0.4 is 0 Å². The minimum Gasteiger partial charge on any atom is -0.390 e. The summed E-state index contributed by atoms with van der Waals surface area (Å²) < 4.78 is 19.9. The van der Waals surface area contributed by atoms with Gasteiger partial charge in [-0.2, -0.15) is 0 Å². The first-order valence-electron chi connectivity index (χ1n) is 20.2. The molecule has 1 N–H and O–H groups in total. The molecule has 2 heterocycles. The highest BCUT2D eigenvalue weighted by Crippen LogP contribution is 2.89. The average molecular weight is 697 g/mol. The summed E-state index contributed by atoms with van der Waals surface area (Å²) in [5.41, 5.74) is 0.257. The van der Waals surface area contributed by atoms with Crippen LogP contribution in [0.1, 0.15) is 119 Å². The summed E-state index contributed by atoms with van der Waals surface area (Å²) in [4.78, 5) is 40.6. The highest BCUT2D eigenvalue weighted by molar-refractivity contribution is 5.77. The van der Waals surface area contributed by atoms with E-state index in [0.29, 0.717) is 61.7 Å². The molecule has 2 aliphatic heterocycles. The topological polar surface area (TPSA) is 106 Å². The Morgan fingerprint density at radius 1 is 1.04 bits per heavy atom.